The SMILES string of the molecule is CC1C(CN2C(=O)C(Cc3ccncc3)(Cc3ccncc3)N=C2CC(=O)c2cccc([N+](=O)[O-])c2)CC2CC1C2(C)C. The molecule has 0 saturated heterocycles. The number of pyridine rings is 2. The molecule has 3 fully saturated rings. The number of amidine groups is 1. The molecule has 3 heterocycles. The highest BCUT2D eigenvalue weighted by Gasteiger charge is 2.57. The van der Waals surface area contributed by atoms with Gasteiger partial charge in [0.05, 0.1) is 11.3 Å². The van der Waals surface area contributed by atoms with Gasteiger partial charge in [0, 0.05) is 61.9 Å². The first-order valence-electron chi connectivity index (χ1n) is 15.0. The Morgan fingerprint density at radius 3 is 2.19 bits per heavy atom. The standard InChI is InChI=1S/C34H37N5O4/c1-22-26(15-27-17-29(22)33(27,2)3)21-38-31(18-30(40)25-5-4-6-28(16-25)39(42)43)37-34(32(38)41,19-23-7-11-35-12-8-23)20-24-9-13-36-14-10-24/h4-14,16,22,26-27,29H,15,17-21H2,1-3H3. The molecular weight excluding hydrogens is 542 g/mol. The lowest BCUT2D eigenvalue weighted by molar-refractivity contribution is -0.384. The second-order valence-corrected chi connectivity index (χ2v) is 13.2. The van der Waals surface area contributed by atoms with Crippen LogP contribution in [-0.2, 0) is 17.6 Å². The molecule has 222 valence electrons. The maximum Gasteiger partial charge on any atom is 0.270 e. The minimum atomic E-state index is -1.14. The fraction of sp³-hybridized carbons (Fsp3) is 0.441. The predicted molar refractivity (Wildman–Crippen MR) is 162 cm³/mol. The number of fused-ring (bicyclic) bond motifs is 2. The Hall–Kier alpha value is -4.27. The molecule has 43 heavy (non-hydrogen) atoms. The van der Waals surface area contributed by atoms with Crippen LogP contribution in [0, 0.1) is 39.2 Å². The van der Waals surface area contributed by atoms with Crippen LogP contribution in [0.5, 0.6) is 0 Å². The highest BCUT2D eigenvalue weighted by molar-refractivity contribution is 6.17. The smallest absolute Gasteiger partial charge is 0.270 e. The fourth-order valence-corrected chi connectivity index (χ4v) is 7.79. The summed E-state index contributed by atoms with van der Waals surface area (Å²) in [6.45, 7) is 7.54. The topological polar surface area (TPSA) is 119 Å². The van der Waals surface area contributed by atoms with Crippen LogP contribution in [-0.4, -0.2) is 49.4 Å². The summed E-state index contributed by atoms with van der Waals surface area (Å²) in [6, 6.07) is 13.3. The van der Waals surface area contributed by atoms with E-state index in [1.807, 2.05) is 24.3 Å². The summed E-state index contributed by atoms with van der Waals surface area (Å²) in [5, 5.41) is 11.4. The predicted octanol–water partition coefficient (Wildman–Crippen LogP) is 5.74. The quantitative estimate of drug-likeness (QED) is 0.172. The zero-order valence-corrected chi connectivity index (χ0v) is 24.8. The lowest BCUT2D eigenvalue weighted by Gasteiger charge is -2.62. The van der Waals surface area contributed by atoms with E-state index in [1.165, 1.54) is 24.6 Å². The van der Waals surface area contributed by atoms with Crippen LogP contribution in [0.1, 0.15) is 61.5 Å². The van der Waals surface area contributed by atoms with E-state index in [0.717, 1.165) is 17.5 Å². The number of hydrogen-bond acceptors (Lipinski definition) is 7. The van der Waals surface area contributed by atoms with Crippen LogP contribution >= 0.6 is 0 Å². The number of Topliss-reactive ketones (excluding diaryl/α,β-unsaturated/α-hetero) is 1. The Morgan fingerprint density at radius 2 is 1.63 bits per heavy atom. The Balaban J connectivity index is 1.37. The Kier molecular flexibility index (Phi) is 7.44. The summed E-state index contributed by atoms with van der Waals surface area (Å²) in [4.78, 5) is 54.4. The van der Waals surface area contributed by atoms with E-state index in [9.17, 15) is 19.7 Å². The van der Waals surface area contributed by atoms with Gasteiger partial charge in [0.2, 0.25) is 0 Å². The van der Waals surface area contributed by atoms with Gasteiger partial charge in [0.1, 0.15) is 11.4 Å². The minimum Gasteiger partial charge on any atom is -0.298 e. The summed E-state index contributed by atoms with van der Waals surface area (Å²) < 4.78 is 0. The molecule has 4 atom stereocenters. The molecule has 4 unspecified atom stereocenters. The number of nitro groups is 1. The van der Waals surface area contributed by atoms with Crippen molar-refractivity contribution in [1.82, 2.24) is 14.9 Å². The number of hydrogen-bond donors (Lipinski definition) is 0. The van der Waals surface area contributed by atoms with E-state index in [-0.39, 0.29) is 29.4 Å². The number of nitro benzene ring substituents is 1. The molecule has 3 aliphatic carbocycles. The van der Waals surface area contributed by atoms with Crippen LogP contribution in [0.15, 0.2) is 78.3 Å². The normalized spacial score (nSPS) is 25.1. The van der Waals surface area contributed by atoms with Crippen LogP contribution in [0.2, 0.25) is 0 Å². The molecule has 9 heteroatoms. The van der Waals surface area contributed by atoms with Crippen LogP contribution in [0.3, 0.4) is 0 Å². The molecule has 0 radical (unpaired) electrons. The Labute approximate surface area is 251 Å². The zero-order chi connectivity index (χ0) is 30.4. The van der Waals surface area contributed by atoms with Crippen LogP contribution < -0.4 is 0 Å². The lowest BCUT2D eigenvalue weighted by atomic mass is 9.43. The fourth-order valence-electron chi connectivity index (χ4n) is 7.79. The number of carbonyl (C=O) groups is 2. The molecular formula is C34H37N5O4. The van der Waals surface area contributed by atoms with Crippen molar-refractivity contribution >= 4 is 23.2 Å². The van der Waals surface area contributed by atoms with Gasteiger partial charge in [-0.25, -0.2) is 0 Å². The van der Waals surface area contributed by atoms with E-state index < -0.39 is 10.5 Å². The number of aliphatic imine (C=N–C) groups is 1. The number of rotatable bonds is 10. The van der Waals surface area contributed by atoms with Gasteiger partial charge in [-0.2, -0.15) is 0 Å². The summed E-state index contributed by atoms with van der Waals surface area (Å²) in [5.41, 5.74) is 1.13. The molecule has 9 nitrogen and oxygen atoms in total. The third-order valence-corrected chi connectivity index (χ3v) is 10.4. The van der Waals surface area contributed by atoms with Gasteiger partial charge >= 0.3 is 0 Å². The lowest BCUT2D eigenvalue weighted by Crippen LogP contribution is -2.57. The molecule has 3 aromatic rings. The van der Waals surface area contributed by atoms with Gasteiger partial charge in [0.25, 0.3) is 11.6 Å². The number of carbonyl (C=O) groups excluding carboxylic acids is 2. The Bertz CT molecular complexity index is 1530. The number of benzene rings is 1. The van der Waals surface area contributed by atoms with E-state index in [2.05, 4.69) is 30.7 Å². The van der Waals surface area contributed by atoms with Crippen molar-refractivity contribution in [3.63, 3.8) is 0 Å². The van der Waals surface area contributed by atoms with Gasteiger partial charge in [-0.1, -0.05) is 32.9 Å². The molecule has 2 bridgehead atoms. The molecule has 1 aliphatic heterocycles. The van der Waals surface area contributed by atoms with Gasteiger partial charge < -0.3 is 0 Å². The van der Waals surface area contributed by atoms with E-state index in [4.69, 9.17) is 4.99 Å². The van der Waals surface area contributed by atoms with Gasteiger partial charge in [0.15, 0.2) is 5.78 Å². The average Bonchev–Trinajstić information content (AvgIpc) is 3.23. The monoisotopic (exact) mass is 579 g/mol. The highest BCUT2D eigenvalue weighted by atomic mass is 16.6. The number of amides is 1. The van der Waals surface area contributed by atoms with Gasteiger partial charge in [-0.05, 0) is 77.3 Å². The van der Waals surface area contributed by atoms with E-state index >= 15 is 0 Å². The molecule has 0 N–H and O–H groups in total. The second-order valence-electron chi connectivity index (χ2n) is 13.2. The zero-order valence-electron chi connectivity index (χ0n) is 24.8. The number of ketones is 1. The Morgan fingerprint density at radius 1 is 1.00 bits per heavy atom. The molecule has 7 rings (SSSR count). The molecule has 4 aliphatic rings. The van der Waals surface area contributed by atoms with Crippen molar-refractivity contribution in [2.75, 3.05) is 6.54 Å². The van der Waals surface area contributed by atoms with Crippen molar-refractivity contribution in [3.8, 4) is 0 Å². The van der Waals surface area contributed by atoms with E-state index in [1.54, 1.807) is 35.8 Å². The summed E-state index contributed by atoms with van der Waals surface area (Å²) in [7, 11) is 0. The largest absolute Gasteiger partial charge is 0.298 e. The van der Waals surface area contributed by atoms with Crippen molar-refractivity contribution in [2.45, 2.75) is 58.4 Å². The highest BCUT2D eigenvalue weighted by Crippen LogP contribution is 2.63. The molecule has 1 aromatic carbocycles. The maximum absolute atomic E-state index is 14.7. The maximum atomic E-state index is 14.7. The molecule has 3 saturated carbocycles. The molecule has 0 spiro atoms. The van der Waals surface area contributed by atoms with E-state index in [0.29, 0.717) is 54.3 Å². The van der Waals surface area contributed by atoms with Gasteiger partial charge in [-0.3, -0.25) is 39.6 Å². The third kappa shape index (κ3) is 5.37. The van der Waals surface area contributed by atoms with Crippen LogP contribution in [0.4, 0.5) is 5.69 Å². The van der Waals surface area contributed by atoms with Gasteiger partial charge in [-0.15, -0.1) is 0 Å². The third-order valence-electron chi connectivity index (χ3n) is 10.4. The summed E-state index contributed by atoms with van der Waals surface area (Å²) in [5.74, 6) is 2.02. The molecule has 2 aromatic heterocycles. The first kappa shape index (κ1) is 28.8. The summed E-state index contributed by atoms with van der Waals surface area (Å²) in [6.07, 6.45) is 9.73. The van der Waals surface area contributed by atoms with Crippen molar-refractivity contribution < 1.29 is 14.5 Å². The molecule has 1 amide bonds. The first-order valence-corrected chi connectivity index (χ1v) is 15.0. The minimum absolute atomic E-state index is 0.103. The first-order chi connectivity index (χ1) is 20.6. The van der Waals surface area contributed by atoms with Crippen molar-refractivity contribution in [2.24, 2.45) is 34.1 Å². The van der Waals surface area contributed by atoms with Crippen molar-refractivity contribution in [1.29, 1.82) is 0 Å². The summed E-state index contributed by atoms with van der Waals surface area (Å²) >= 11 is 0. The average molecular weight is 580 g/mol. The number of nitrogens with zero attached hydrogens (tertiary/aromatic N) is 5. The van der Waals surface area contributed by atoms with Crippen molar-refractivity contribution in [3.05, 3.63) is 100 Å². The van der Waals surface area contributed by atoms with Crippen LogP contribution in [0.25, 0.3) is 0 Å². The second kappa shape index (κ2) is 11.1. The number of non-ortho nitro benzene ring substituents is 1. The number of aromatic nitrogens is 2.